The molecule has 0 aliphatic heterocycles. The molecule has 5 heteroatoms. The summed E-state index contributed by atoms with van der Waals surface area (Å²) >= 11 is 0. The van der Waals surface area contributed by atoms with Crippen molar-refractivity contribution in [2.24, 2.45) is 0 Å². The molecule has 1 amide bonds. The van der Waals surface area contributed by atoms with Gasteiger partial charge < -0.3 is 16.4 Å². The smallest absolute Gasteiger partial charge is 0.267 e. The van der Waals surface area contributed by atoms with Crippen molar-refractivity contribution in [1.29, 1.82) is 5.26 Å². The molecule has 2 rings (SSSR count). The third-order valence-electron chi connectivity index (χ3n) is 2.57. The largest absolute Gasteiger partial charge is 0.399 e. The molecule has 4 N–H and O–H groups in total. The van der Waals surface area contributed by atoms with Crippen LogP contribution < -0.4 is 16.4 Å². The number of carbonyl (C=O) groups excluding carboxylic acids is 1. The van der Waals surface area contributed by atoms with E-state index in [1.54, 1.807) is 24.3 Å². The number of nitrogens with two attached hydrogens (primary N) is 1. The summed E-state index contributed by atoms with van der Waals surface area (Å²) < 4.78 is 0. The number of nitrogens with one attached hydrogen (secondary N) is 2. The highest BCUT2D eigenvalue weighted by Gasteiger charge is 2.20. The van der Waals surface area contributed by atoms with Gasteiger partial charge in [0.15, 0.2) is 0 Å². The molecule has 0 bridgehead atoms. The zero-order chi connectivity index (χ0) is 13.0. The highest BCUT2D eigenvalue weighted by molar-refractivity contribution is 6.06. The van der Waals surface area contributed by atoms with Crippen LogP contribution in [0.15, 0.2) is 36.0 Å². The van der Waals surface area contributed by atoms with E-state index in [4.69, 9.17) is 11.0 Å². The summed E-state index contributed by atoms with van der Waals surface area (Å²) in [6, 6.07) is 9.05. The second-order valence-electron chi connectivity index (χ2n) is 4.19. The maximum atomic E-state index is 11.8. The number of carbonyl (C=O) groups is 1. The van der Waals surface area contributed by atoms with E-state index in [9.17, 15) is 4.79 Å². The molecule has 0 radical (unpaired) electrons. The lowest BCUT2D eigenvalue weighted by Gasteiger charge is -2.04. The van der Waals surface area contributed by atoms with E-state index in [1.807, 2.05) is 6.07 Å². The Labute approximate surface area is 105 Å². The van der Waals surface area contributed by atoms with Crippen LogP contribution in [0, 0.1) is 11.3 Å². The SMILES string of the molecule is N#C/C(=C/NC1CC1)C(=O)Nc1ccc(N)cc1. The molecule has 0 aromatic heterocycles. The molecule has 18 heavy (non-hydrogen) atoms. The van der Waals surface area contributed by atoms with Crippen molar-refractivity contribution in [1.82, 2.24) is 5.32 Å². The molecule has 1 aliphatic carbocycles. The third kappa shape index (κ3) is 3.25. The van der Waals surface area contributed by atoms with Gasteiger partial charge in [0, 0.05) is 23.6 Å². The molecule has 1 aliphatic rings. The monoisotopic (exact) mass is 242 g/mol. The quantitative estimate of drug-likeness (QED) is 0.422. The Kier molecular flexibility index (Phi) is 3.49. The highest BCUT2D eigenvalue weighted by atomic mass is 16.1. The van der Waals surface area contributed by atoms with Crippen LogP contribution in [0.3, 0.4) is 0 Å². The number of rotatable bonds is 4. The first kappa shape index (κ1) is 12.0. The van der Waals surface area contributed by atoms with E-state index in [2.05, 4.69) is 10.6 Å². The summed E-state index contributed by atoms with van der Waals surface area (Å²) in [4.78, 5) is 11.8. The zero-order valence-corrected chi connectivity index (χ0v) is 9.81. The maximum Gasteiger partial charge on any atom is 0.267 e. The van der Waals surface area contributed by atoms with E-state index < -0.39 is 5.91 Å². The zero-order valence-electron chi connectivity index (χ0n) is 9.81. The molecule has 0 spiro atoms. The second kappa shape index (κ2) is 5.23. The summed E-state index contributed by atoms with van der Waals surface area (Å²) in [7, 11) is 0. The fourth-order valence-corrected chi connectivity index (χ4v) is 1.36. The molecule has 1 aromatic carbocycles. The Morgan fingerprint density at radius 2 is 2.06 bits per heavy atom. The molecule has 0 atom stereocenters. The average Bonchev–Trinajstić information content (AvgIpc) is 3.17. The van der Waals surface area contributed by atoms with Gasteiger partial charge in [0.25, 0.3) is 5.91 Å². The fraction of sp³-hybridized carbons (Fsp3) is 0.231. The Balaban J connectivity index is 1.98. The van der Waals surface area contributed by atoms with Gasteiger partial charge in [-0.15, -0.1) is 0 Å². The first-order valence-electron chi connectivity index (χ1n) is 5.72. The van der Waals surface area contributed by atoms with Crippen LogP contribution in [-0.4, -0.2) is 11.9 Å². The minimum atomic E-state index is -0.421. The van der Waals surface area contributed by atoms with E-state index in [1.165, 1.54) is 6.20 Å². The molecule has 0 heterocycles. The van der Waals surface area contributed by atoms with Gasteiger partial charge in [-0.05, 0) is 37.1 Å². The van der Waals surface area contributed by atoms with E-state index in [0.717, 1.165) is 12.8 Å². The summed E-state index contributed by atoms with van der Waals surface area (Å²) in [5.74, 6) is -0.421. The van der Waals surface area contributed by atoms with E-state index >= 15 is 0 Å². The lowest BCUT2D eigenvalue weighted by Crippen LogP contribution is -2.17. The Morgan fingerprint density at radius 1 is 1.39 bits per heavy atom. The first-order valence-corrected chi connectivity index (χ1v) is 5.72. The minimum Gasteiger partial charge on any atom is -0.399 e. The van der Waals surface area contributed by atoms with E-state index in [0.29, 0.717) is 17.4 Å². The van der Waals surface area contributed by atoms with Crippen molar-refractivity contribution in [3.8, 4) is 6.07 Å². The molecule has 1 aromatic rings. The Hall–Kier alpha value is -2.48. The summed E-state index contributed by atoms with van der Waals surface area (Å²) in [5.41, 5.74) is 6.85. The molecule has 1 saturated carbocycles. The van der Waals surface area contributed by atoms with Crippen LogP contribution in [0.2, 0.25) is 0 Å². The van der Waals surface area contributed by atoms with Gasteiger partial charge in [0.05, 0.1) is 0 Å². The number of nitrogen functional groups attached to an aromatic ring is 1. The number of nitriles is 1. The number of hydrogen-bond acceptors (Lipinski definition) is 4. The van der Waals surface area contributed by atoms with Gasteiger partial charge in [-0.2, -0.15) is 5.26 Å². The lowest BCUT2D eigenvalue weighted by molar-refractivity contribution is -0.112. The predicted octanol–water partition coefficient (Wildman–Crippen LogP) is 1.37. The average molecular weight is 242 g/mol. The van der Waals surface area contributed by atoms with Crippen molar-refractivity contribution >= 4 is 17.3 Å². The number of hydrogen-bond donors (Lipinski definition) is 3. The first-order chi connectivity index (χ1) is 8.69. The van der Waals surface area contributed by atoms with Crippen LogP contribution in [0.25, 0.3) is 0 Å². The van der Waals surface area contributed by atoms with Crippen molar-refractivity contribution in [2.45, 2.75) is 18.9 Å². The van der Waals surface area contributed by atoms with Gasteiger partial charge in [-0.3, -0.25) is 4.79 Å². The Morgan fingerprint density at radius 3 is 2.61 bits per heavy atom. The standard InChI is InChI=1S/C13H14N4O/c14-7-9(8-16-11-5-6-11)13(18)17-12-3-1-10(15)2-4-12/h1-4,8,11,16H,5-6,15H2,(H,17,18)/b9-8-. The molecular formula is C13H14N4O. The van der Waals surface area contributed by atoms with Crippen LogP contribution in [0.1, 0.15) is 12.8 Å². The minimum absolute atomic E-state index is 0.0683. The van der Waals surface area contributed by atoms with Gasteiger partial charge in [0.1, 0.15) is 11.6 Å². The lowest BCUT2D eigenvalue weighted by atomic mass is 10.2. The van der Waals surface area contributed by atoms with Crippen LogP contribution in [0.4, 0.5) is 11.4 Å². The van der Waals surface area contributed by atoms with Gasteiger partial charge >= 0.3 is 0 Å². The van der Waals surface area contributed by atoms with Crippen LogP contribution in [-0.2, 0) is 4.79 Å². The normalized spacial score (nSPS) is 14.7. The number of nitrogens with zero attached hydrogens (tertiary/aromatic N) is 1. The topological polar surface area (TPSA) is 90.9 Å². The second-order valence-corrected chi connectivity index (χ2v) is 4.19. The number of amides is 1. The summed E-state index contributed by atoms with van der Waals surface area (Å²) in [6.07, 6.45) is 3.66. The fourth-order valence-electron chi connectivity index (χ4n) is 1.36. The highest BCUT2D eigenvalue weighted by Crippen LogP contribution is 2.18. The molecule has 92 valence electrons. The van der Waals surface area contributed by atoms with Crippen molar-refractivity contribution in [2.75, 3.05) is 11.1 Å². The molecule has 1 fully saturated rings. The number of benzene rings is 1. The molecule has 0 unspecified atom stereocenters. The summed E-state index contributed by atoms with van der Waals surface area (Å²) in [6.45, 7) is 0. The maximum absolute atomic E-state index is 11.8. The third-order valence-corrected chi connectivity index (χ3v) is 2.57. The Bertz CT molecular complexity index is 509. The molecular weight excluding hydrogens is 228 g/mol. The predicted molar refractivity (Wildman–Crippen MR) is 69.3 cm³/mol. The van der Waals surface area contributed by atoms with Crippen molar-refractivity contribution in [3.63, 3.8) is 0 Å². The van der Waals surface area contributed by atoms with Crippen molar-refractivity contribution < 1.29 is 4.79 Å². The van der Waals surface area contributed by atoms with Gasteiger partial charge in [-0.1, -0.05) is 0 Å². The van der Waals surface area contributed by atoms with Crippen LogP contribution >= 0.6 is 0 Å². The number of anilines is 2. The van der Waals surface area contributed by atoms with Crippen molar-refractivity contribution in [3.05, 3.63) is 36.0 Å². The van der Waals surface area contributed by atoms with E-state index in [-0.39, 0.29) is 5.57 Å². The molecule has 5 nitrogen and oxygen atoms in total. The summed E-state index contributed by atoms with van der Waals surface area (Å²) in [5, 5.41) is 14.6. The van der Waals surface area contributed by atoms with Gasteiger partial charge in [-0.25, -0.2) is 0 Å². The van der Waals surface area contributed by atoms with Gasteiger partial charge in [0.2, 0.25) is 0 Å². The molecule has 0 saturated heterocycles. The van der Waals surface area contributed by atoms with Crippen LogP contribution in [0.5, 0.6) is 0 Å².